The van der Waals surface area contributed by atoms with Crippen molar-refractivity contribution in [2.75, 3.05) is 5.32 Å². The summed E-state index contributed by atoms with van der Waals surface area (Å²) in [4.78, 5) is 11.5. The van der Waals surface area contributed by atoms with Crippen molar-refractivity contribution in [1.29, 1.82) is 0 Å². The zero-order chi connectivity index (χ0) is 12.5. The van der Waals surface area contributed by atoms with Crippen molar-refractivity contribution in [3.05, 3.63) is 29.3 Å². The van der Waals surface area contributed by atoms with Crippen LogP contribution >= 0.6 is 11.6 Å². The lowest BCUT2D eigenvalue weighted by Gasteiger charge is -2.27. The number of aliphatic carboxylic acids is 1. The van der Waals surface area contributed by atoms with Crippen LogP contribution in [0.4, 0.5) is 5.69 Å². The van der Waals surface area contributed by atoms with Gasteiger partial charge in [0.15, 0.2) is 0 Å². The normalized spacial score (nSPS) is 28.0. The molecule has 0 bridgehead atoms. The molecule has 1 aliphatic carbocycles. The molecule has 92 valence electrons. The summed E-state index contributed by atoms with van der Waals surface area (Å²) >= 11 is 5.80. The predicted molar refractivity (Wildman–Crippen MR) is 68.5 cm³/mol. The lowest BCUT2D eigenvalue weighted by Crippen LogP contribution is -2.44. The second-order valence-corrected chi connectivity index (χ2v) is 5.30. The van der Waals surface area contributed by atoms with Crippen molar-refractivity contribution < 1.29 is 9.90 Å². The molecule has 2 unspecified atom stereocenters. The Balaban J connectivity index is 2.19. The first-order valence-corrected chi connectivity index (χ1v) is 6.17. The van der Waals surface area contributed by atoms with Crippen molar-refractivity contribution in [1.82, 2.24) is 0 Å². The number of benzene rings is 1. The van der Waals surface area contributed by atoms with Crippen molar-refractivity contribution in [2.24, 2.45) is 5.92 Å². The molecular formula is C13H16ClNO2. The fraction of sp³-hybridized carbons (Fsp3) is 0.462. The number of carbonyl (C=O) groups is 1. The molecule has 4 heteroatoms. The smallest absolute Gasteiger partial charge is 0.329 e. The molecule has 1 aromatic carbocycles. The first-order chi connectivity index (χ1) is 8.02. The largest absolute Gasteiger partial charge is 0.480 e. The minimum Gasteiger partial charge on any atom is -0.480 e. The summed E-state index contributed by atoms with van der Waals surface area (Å²) in [7, 11) is 0. The Morgan fingerprint density at radius 3 is 2.59 bits per heavy atom. The summed E-state index contributed by atoms with van der Waals surface area (Å²) < 4.78 is 0. The number of hydrogen-bond donors (Lipinski definition) is 2. The van der Waals surface area contributed by atoms with Crippen molar-refractivity contribution >= 4 is 23.3 Å². The van der Waals surface area contributed by atoms with Gasteiger partial charge in [0.25, 0.3) is 0 Å². The quantitative estimate of drug-likeness (QED) is 0.868. The standard InChI is InChI=1S/C13H16ClNO2/c1-9-6-7-13(8-9,12(16)17)15-11-4-2-10(14)3-5-11/h2-5,9,15H,6-8H2,1H3,(H,16,17). The van der Waals surface area contributed by atoms with Crippen LogP contribution in [-0.4, -0.2) is 16.6 Å². The number of rotatable bonds is 3. The molecule has 0 amide bonds. The molecule has 3 nitrogen and oxygen atoms in total. The van der Waals surface area contributed by atoms with E-state index in [2.05, 4.69) is 12.2 Å². The Kier molecular flexibility index (Phi) is 3.29. The van der Waals surface area contributed by atoms with E-state index in [1.54, 1.807) is 12.1 Å². The monoisotopic (exact) mass is 253 g/mol. The van der Waals surface area contributed by atoms with Gasteiger partial charge < -0.3 is 10.4 Å². The van der Waals surface area contributed by atoms with Gasteiger partial charge in [0.2, 0.25) is 0 Å². The molecule has 17 heavy (non-hydrogen) atoms. The highest BCUT2D eigenvalue weighted by molar-refractivity contribution is 6.30. The molecule has 1 fully saturated rings. The number of carboxylic acids is 1. The van der Waals surface area contributed by atoms with Gasteiger partial charge in [-0.3, -0.25) is 0 Å². The van der Waals surface area contributed by atoms with E-state index in [4.69, 9.17) is 11.6 Å². The molecule has 1 saturated carbocycles. The van der Waals surface area contributed by atoms with Gasteiger partial charge in [-0.1, -0.05) is 18.5 Å². The molecule has 0 heterocycles. The molecule has 2 atom stereocenters. The summed E-state index contributed by atoms with van der Waals surface area (Å²) in [6, 6.07) is 7.15. The van der Waals surface area contributed by atoms with Gasteiger partial charge in [0.1, 0.15) is 5.54 Å². The minimum absolute atomic E-state index is 0.450. The predicted octanol–water partition coefficient (Wildman–Crippen LogP) is 3.40. The number of halogens is 1. The molecule has 0 saturated heterocycles. The van der Waals surface area contributed by atoms with Gasteiger partial charge >= 0.3 is 5.97 Å². The van der Waals surface area contributed by atoms with Crippen molar-refractivity contribution in [3.63, 3.8) is 0 Å². The molecule has 0 spiro atoms. The van der Waals surface area contributed by atoms with Gasteiger partial charge in [0, 0.05) is 10.7 Å². The van der Waals surface area contributed by atoms with Crippen LogP contribution in [-0.2, 0) is 4.79 Å². The second-order valence-electron chi connectivity index (χ2n) is 4.87. The van der Waals surface area contributed by atoms with Gasteiger partial charge in [0.05, 0.1) is 0 Å². The van der Waals surface area contributed by atoms with E-state index < -0.39 is 11.5 Å². The highest BCUT2D eigenvalue weighted by Crippen LogP contribution is 2.37. The lowest BCUT2D eigenvalue weighted by atomic mass is 9.96. The molecular weight excluding hydrogens is 238 g/mol. The number of carboxylic acid groups (broad SMARTS) is 1. The molecule has 0 radical (unpaired) electrons. The summed E-state index contributed by atoms with van der Waals surface area (Å²) in [5, 5.41) is 13.2. The third-order valence-electron chi connectivity index (χ3n) is 3.40. The van der Waals surface area contributed by atoms with E-state index in [-0.39, 0.29) is 0 Å². The van der Waals surface area contributed by atoms with Crippen LogP contribution in [0.5, 0.6) is 0 Å². The zero-order valence-electron chi connectivity index (χ0n) is 9.74. The Morgan fingerprint density at radius 2 is 2.12 bits per heavy atom. The lowest BCUT2D eigenvalue weighted by molar-refractivity contribution is -0.142. The molecule has 2 rings (SSSR count). The number of nitrogens with one attached hydrogen (secondary N) is 1. The average Bonchev–Trinajstić information content (AvgIpc) is 2.65. The van der Waals surface area contributed by atoms with Crippen LogP contribution in [0.1, 0.15) is 26.2 Å². The maximum Gasteiger partial charge on any atom is 0.329 e. The Bertz CT molecular complexity index is 418. The molecule has 1 aliphatic rings. The Hall–Kier alpha value is -1.22. The summed E-state index contributed by atoms with van der Waals surface area (Å²) in [5.74, 6) is -0.317. The van der Waals surface area contributed by atoms with Crippen LogP contribution in [0.2, 0.25) is 5.02 Å². The third-order valence-corrected chi connectivity index (χ3v) is 3.65. The maximum atomic E-state index is 11.5. The summed E-state index contributed by atoms with van der Waals surface area (Å²) in [5.41, 5.74) is -0.00124. The highest BCUT2D eigenvalue weighted by atomic mass is 35.5. The van der Waals surface area contributed by atoms with Gasteiger partial charge in [-0.2, -0.15) is 0 Å². The first kappa shape index (κ1) is 12.2. The first-order valence-electron chi connectivity index (χ1n) is 5.79. The minimum atomic E-state index is -0.812. The van der Waals surface area contributed by atoms with E-state index in [0.717, 1.165) is 12.1 Å². The number of anilines is 1. The van der Waals surface area contributed by atoms with E-state index in [9.17, 15) is 9.90 Å². The van der Waals surface area contributed by atoms with Gasteiger partial charge in [-0.25, -0.2) is 4.79 Å². The third kappa shape index (κ3) is 2.55. The molecule has 1 aromatic rings. The van der Waals surface area contributed by atoms with Crippen LogP contribution in [0, 0.1) is 5.92 Å². The topological polar surface area (TPSA) is 49.3 Å². The van der Waals surface area contributed by atoms with Crippen molar-refractivity contribution in [2.45, 2.75) is 31.7 Å². The summed E-state index contributed by atoms with van der Waals surface area (Å²) in [6.07, 6.45) is 2.30. The SMILES string of the molecule is CC1CCC(Nc2ccc(Cl)cc2)(C(=O)O)C1. The van der Waals surface area contributed by atoms with Crippen LogP contribution in [0.25, 0.3) is 0 Å². The summed E-state index contributed by atoms with van der Waals surface area (Å²) in [6.45, 7) is 2.09. The van der Waals surface area contributed by atoms with Crippen molar-refractivity contribution in [3.8, 4) is 0 Å². The fourth-order valence-corrected chi connectivity index (χ4v) is 2.59. The van der Waals surface area contributed by atoms with Gasteiger partial charge in [-0.05, 0) is 49.4 Å². The molecule has 0 aromatic heterocycles. The fourth-order valence-electron chi connectivity index (χ4n) is 2.46. The van der Waals surface area contributed by atoms with Crippen LogP contribution < -0.4 is 5.32 Å². The number of hydrogen-bond acceptors (Lipinski definition) is 2. The molecule has 2 N–H and O–H groups in total. The Labute approximate surface area is 106 Å². The molecule has 0 aliphatic heterocycles. The van der Waals surface area contributed by atoms with E-state index in [0.29, 0.717) is 23.8 Å². The Morgan fingerprint density at radius 1 is 1.47 bits per heavy atom. The van der Waals surface area contributed by atoms with Crippen LogP contribution in [0.3, 0.4) is 0 Å². The second kappa shape index (κ2) is 4.57. The van der Waals surface area contributed by atoms with E-state index in [1.807, 2.05) is 12.1 Å². The van der Waals surface area contributed by atoms with E-state index in [1.165, 1.54) is 0 Å². The van der Waals surface area contributed by atoms with Gasteiger partial charge in [-0.15, -0.1) is 0 Å². The maximum absolute atomic E-state index is 11.5. The zero-order valence-corrected chi connectivity index (χ0v) is 10.5. The highest BCUT2D eigenvalue weighted by Gasteiger charge is 2.44. The van der Waals surface area contributed by atoms with E-state index >= 15 is 0 Å². The van der Waals surface area contributed by atoms with Crippen LogP contribution in [0.15, 0.2) is 24.3 Å². The average molecular weight is 254 g/mol.